The zero-order chi connectivity index (χ0) is 11.5. The lowest BCUT2D eigenvalue weighted by atomic mass is 9.85. The van der Waals surface area contributed by atoms with Crippen molar-refractivity contribution in [2.75, 3.05) is 13.1 Å². The van der Waals surface area contributed by atoms with Gasteiger partial charge in [0.1, 0.15) is 0 Å². The number of piperidine rings is 1. The van der Waals surface area contributed by atoms with Gasteiger partial charge in [0.15, 0.2) is 0 Å². The van der Waals surface area contributed by atoms with E-state index in [4.69, 9.17) is 0 Å². The number of hydrogen-bond donors (Lipinski definition) is 1. The maximum Gasteiger partial charge on any atom is 0.0167 e. The highest BCUT2D eigenvalue weighted by molar-refractivity contribution is 5.02. The van der Waals surface area contributed by atoms with E-state index in [9.17, 15) is 0 Å². The lowest BCUT2D eigenvalue weighted by molar-refractivity contribution is 0.0513. The molecule has 0 aromatic rings. The number of nitrogens with one attached hydrogen (secondary N) is 1. The molecule has 2 heteroatoms. The first kappa shape index (κ1) is 12.1. The van der Waals surface area contributed by atoms with Gasteiger partial charge in [0, 0.05) is 24.7 Å². The fraction of sp³-hybridized carbons (Fsp3) is 0.857. The van der Waals surface area contributed by atoms with Crippen molar-refractivity contribution >= 4 is 0 Å². The van der Waals surface area contributed by atoms with Crippen LogP contribution in [0.2, 0.25) is 0 Å². The van der Waals surface area contributed by atoms with Gasteiger partial charge in [0.05, 0.1) is 0 Å². The zero-order valence-electron chi connectivity index (χ0n) is 10.9. The second-order valence-electron chi connectivity index (χ2n) is 5.39. The van der Waals surface area contributed by atoms with Gasteiger partial charge < -0.3 is 5.32 Å². The Morgan fingerprint density at radius 2 is 1.94 bits per heavy atom. The monoisotopic (exact) mass is 222 g/mol. The normalized spacial score (nSPS) is 37.1. The minimum absolute atomic E-state index is 0.725. The summed E-state index contributed by atoms with van der Waals surface area (Å²) >= 11 is 0. The van der Waals surface area contributed by atoms with E-state index in [0.717, 1.165) is 30.6 Å². The third-order valence-electron chi connectivity index (χ3n) is 4.54. The molecule has 1 heterocycles. The summed E-state index contributed by atoms with van der Waals surface area (Å²) in [5, 5.41) is 3.63. The predicted octanol–water partition coefficient (Wildman–Crippen LogP) is 2.41. The summed E-state index contributed by atoms with van der Waals surface area (Å²) in [6.07, 6.45) is 8.54. The third-order valence-corrected chi connectivity index (χ3v) is 4.54. The van der Waals surface area contributed by atoms with Crippen molar-refractivity contribution in [2.45, 2.75) is 58.2 Å². The van der Waals surface area contributed by atoms with Crippen LogP contribution < -0.4 is 5.32 Å². The molecule has 1 aliphatic carbocycles. The van der Waals surface area contributed by atoms with Crippen LogP contribution in [0.4, 0.5) is 0 Å². The van der Waals surface area contributed by atoms with Crippen LogP contribution in [-0.4, -0.2) is 36.1 Å². The fourth-order valence-electron chi connectivity index (χ4n) is 3.33. The average Bonchev–Trinajstić information content (AvgIpc) is 2.79. The van der Waals surface area contributed by atoms with E-state index in [1.807, 2.05) is 0 Å². The van der Waals surface area contributed by atoms with Gasteiger partial charge in [-0.1, -0.05) is 26.0 Å². The van der Waals surface area contributed by atoms with Crippen molar-refractivity contribution in [2.24, 2.45) is 5.92 Å². The lowest BCUT2D eigenvalue weighted by Gasteiger charge is -2.45. The molecule has 16 heavy (non-hydrogen) atoms. The SMILES string of the molecule is CCNC1CCN(C2CC=CC2)C(C)C1C. The molecule has 0 aromatic carbocycles. The summed E-state index contributed by atoms with van der Waals surface area (Å²) in [5.41, 5.74) is 0. The summed E-state index contributed by atoms with van der Waals surface area (Å²) in [6, 6.07) is 2.24. The van der Waals surface area contributed by atoms with Gasteiger partial charge in [-0.3, -0.25) is 4.90 Å². The van der Waals surface area contributed by atoms with E-state index in [2.05, 4.69) is 43.1 Å². The molecule has 2 nitrogen and oxygen atoms in total. The Morgan fingerprint density at radius 3 is 2.56 bits per heavy atom. The van der Waals surface area contributed by atoms with Crippen LogP contribution in [0, 0.1) is 5.92 Å². The Labute approximate surface area is 100 Å². The Morgan fingerprint density at radius 1 is 1.25 bits per heavy atom. The predicted molar refractivity (Wildman–Crippen MR) is 69.6 cm³/mol. The molecule has 1 aliphatic heterocycles. The maximum atomic E-state index is 3.63. The van der Waals surface area contributed by atoms with Crippen LogP contribution in [0.15, 0.2) is 12.2 Å². The fourth-order valence-corrected chi connectivity index (χ4v) is 3.33. The maximum absolute atomic E-state index is 3.63. The number of likely N-dealkylation sites (tertiary alicyclic amines) is 1. The highest BCUT2D eigenvalue weighted by atomic mass is 15.2. The van der Waals surface area contributed by atoms with Crippen LogP contribution in [-0.2, 0) is 0 Å². The number of rotatable bonds is 3. The highest BCUT2D eigenvalue weighted by Crippen LogP contribution is 2.29. The summed E-state index contributed by atoms with van der Waals surface area (Å²) in [6.45, 7) is 9.41. The zero-order valence-corrected chi connectivity index (χ0v) is 10.9. The summed E-state index contributed by atoms with van der Waals surface area (Å²) in [5.74, 6) is 0.772. The topological polar surface area (TPSA) is 15.3 Å². The minimum atomic E-state index is 0.725. The highest BCUT2D eigenvalue weighted by Gasteiger charge is 2.35. The number of hydrogen-bond acceptors (Lipinski definition) is 2. The molecule has 1 N–H and O–H groups in total. The standard InChI is InChI=1S/C14H26N2/c1-4-15-14-9-10-16(12(3)11(14)2)13-7-5-6-8-13/h5-6,11-15H,4,7-10H2,1-3H3. The Hall–Kier alpha value is -0.340. The molecule has 0 saturated carbocycles. The smallest absolute Gasteiger partial charge is 0.0167 e. The van der Waals surface area contributed by atoms with E-state index in [1.165, 1.54) is 25.8 Å². The van der Waals surface area contributed by atoms with Gasteiger partial charge >= 0.3 is 0 Å². The second kappa shape index (κ2) is 5.33. The van der Waals surface area contributed by atoms with Gasteiger partial charge in [0.2, 0.25) is 0 Å². The summed E-state index contributed by atoms with van der Waals surface area (Å²) in [4.78, 5) is 2.73. The lowest BCUT2D eigenvalue weighted by Crippen LogP contribution is -2.55. The van der Waals surface area contributed by atoms with E-state index in [0.29, 0.717) is 0 Å². The van der Waals surface area contributed by atoms with Gasteiger partial charge in [-0.05, 0) is 38.6 Å². The average molecular weight is 222 g/mol. The van der Waals surface area contributed by atoms with Crippen LogP contribution >= 0.6 is 0 Å². The molecule has 0 spiro atoms. The van der Waals surface area contributed by atoms with Crippen LogP contribution in [0.5, 0.6) is 0 Å². The van der Waals surface area contributed by atoms with Crippen LogP contribution in [0.1, 0.15) is 40.0 Å². The molecule has 2 rings (SSSR count). The van der Waals surface area contributed by atoms with Gasteiger partial charge in [-0.15, -0.1) is 0 Å². The van der Waals surface area contributed by atoms with Crippen molar-refractivity contribution in [3.63, 3.8) is 0 Å². The molecule has 92 valence electrons. The van der Waals surface area contributed by atoms with E-state index >= 15 is 0 Å². The van der Waals surface area contributed by atoms with E-state index in [1.54, 1.807) is 0 Å². The number of nitrogens with zero attached hydrogens (tertiary/aromatic N) is 1. The van der Waals surface area contributed by atoms with E-state index in [-0.39, 0.29) is 0 Å². The molecule has 2 aliphatic rings. The molecule has 0 radical (unpaired) electrons. The molecule has 3 unspecified atom stereocenters. The molecular formula is C14H26N2. The molecule has 0 amide bonds. The van der Waals surface area contributed by atoms with Crippen molar-refractivity contribution in [1.29, 1.82) is 0 Å². The Balaban J connectivity index is 1.93. The van der Waals surface area contributed by atoms with Crippen molar-refractivity contribution in [3.8, 4) is 0 Å². The second-order valence-corrected chi connectivity index (χ2v) is 5.39. The third kappa shape index (κ3) is 2.33. The van der Waals surface area contributed by atoms with E-state index < -0.39 is 0 Å². The molecular weight excluding hydrogens is 196 g/mol. The summed E-state index contributed by atoms with van der Waals surface area (Å²) in [7, 11) is 0. The molecule has 0 bridgehead atoms. The Bertz CT molecular complexity index is 241. The van der Waals surface area contributed by atoms with Crippen molar-refractivity contribution in [3.05, 3.63) is 12.2 Å². The Kier molecular flexibility index (Phi) is 4.04. The van der Waals surface area contributed by atoms with Crippen molar-refractivity contribution < 1.29 is 0 Å². The van der Waals surface area contributed by atoms with Crippen LogP contribution in [0.25, 0.3) is 0 Å². The largest absolute Gasteiger partial charge is 0.314 e. The van der Waals surface area contributed by atoms with Gasteiger partial charge in [0.25, 0.3) is 0 Å². The first-order chi connectivity index (χ1) is 7.74. The quantitative estimate of drug-likeness (QED) is 0.738. The minimum Gasteiger partial charge on any atom is -0.314 e. The first-order valence-electron chi connectivity index (χ1n) is 6.88. The van der Waals surface area contributed by atoms with Crippen molar-refractivity contribution in [1.82, 2.24) is 10.2 Å². The first-order valence-corrected chi connectivity index (χ1v) is 6.88. The van der Waals surface area contributed by atoms with Gasteiger partial charge in [-0.2, -0.15) is 0 Å². The van der Waals surface area contributed by atoms with Crippen LogP contribution in [0.3, 0.4) is 0 Å². The molecule has 3 atom stereocenters. The molecule has 1 fully saturated rings. The molecule has 1 saturated heterocycles. The summed E-state index contributed by atoms with van der Waals surface area (Å²) < 4.78 is 0. The van der Waals surface area contributed by atoms with Gasteiger partial charge in [-0.25, -0.2) is 0 Å². The molecule has 0 aromatic heterocycles.